The molecule has 0 spiro atoms. The molecule has 19 heavy (non-hydrogen) atoms. The van der Waals surface area contributed by atoms with E-state index in [0.717, 1.165) is 4.31 Å². The van der Waals surface area contributed by atoms with Crippen molar-refractivity contribution >= 4 is 43.8 Å². The molecule has 0 aromatic carbocycles. The first-order valence-corrected chi connectivity index (χ1v) is 8.27. The third-order valence-electron chi connectivity index (χ3n) is 2.99. The molecule has 3 rings (SSSR count). The Labute approximate surface area is 118 Å². The van der Waals surface area contributed by atoms with Gasteiger partial charge < -0.3 is 0 Å². The summed E-state index contributed by atoms with van der Waals surface area (Å²) >= 11 is 7.20. The lowest BCUT2D eigenvalue weighted by atomic mass is 10.2. The molecule has 0 saturated carbocycles. The van der Waals surface area contributed by atoms with Gasteiger partial charge in [0.1, 0.15) is 0 Å². The van der Waals surface area contributed by atoms with Crippen LogP contribution in [0.4, 0.5) is 0 Å². The second-order valence-corrected chi connectivity index (χ2v) is 7.51. The molecular weight excluding hydrogens is 310 g/mol. The summed E-state index contributed by atoms with van der Waals surface area (Å²) in [6.45, 7) is 2.03. The van der Waals surface area contributed by atoms with Crippen LogP contribution in [0.15, 0.2) is 16.6 Å². The topological polar surface area (TPSA) is 71.8 Å². The van der Waals surface area contributed by atoms with Gasteiger partial charge in [-0.05, 0) is 5.92 Å². The van der Waals surface area contributed by atoms with Crippen LogP contribution in [0.5, 0.6) is 0 Å². The monoisotopic (exact) mass is 319 g/mol. The van der Waals surface area contributed by atoms with Gasteiger partial charge in [-0.25, -0.2) is 9.29 Å². The first-order chi connectivity index (χ1) is 8.91. The van der Waals surface area contributed by atoms with Crippen molar-refractivity contribution in [1.82, 2.24) is 13.7 Å². The van der Waals surface area contributed by atoms with E-state index in [0.29, 0.717) is 4.96 Å². The van der Waals surface area contributed by atoms with Crippen molar-refractivity contribution in [2.24, 2.45) is 5.92 Å². The Hall–Kier alpha value is -1.12. The number of rotatable bonds is 2. The fraction of sp³-hybridized carbons (Fsp3) is 0.400. The zero-order chi connectivity index (χ0) is 13.8. The van der Waals surface area contributed by atoms with Crippen LogP contribution in [0, 0.1) is 5.92 Å². The van der Waals surface area contributed by atoms with Gasteiger partial charge in [-0.3, -0.25) is 9.20 Å². The van der Waals surface area contributed by atoms with E-state index in [1.807, 2.05) is 6.92 Å². The third-order valence-corrected chi connectivity index (χ3v) is 5.94. The molecule has 0 radical (unpaired) electrons. The molecule has 1 amide bonds. The normalized spacial score (nSPS) is 20.6. The highest BCUT2D eigenvalue weighted by molar-refractivity contribution is 7.89. The lowest BCUT2D eigenvalue weighted by Crippen LogP contribution is -2.33. The Bertz CT molecular complexity index is 764. The van der Waals surface area contributed by atoms with Gasteiger partial charge in [0, 0.05) is 24.5 Å². The van der Waals surface area contributed by atoms with Crippen molar-refractivity contribution in [2.45, 2.75) is 18.4 Å². The zero-order valence-electron chi connectivity index (χ0n) is 9.91. The predicted octanol–water partition coefficient (Wildman–Crippen LogP) is 1.61. The molecule has 1 fully saturated rings. The van der Waals surface area contributed by atoms with Crippen molar-refractivity contribution in [2.75, 3.05) is 6.54 Å². The second-order valence-electron chi connectivity index (χ2n) is 4.50. The third kappa shape index (κ3) is 1.86. The lowest BCUT2D eigenvalue weighted by molar-refractivity contribution is -0.123. The summed E-state index contributed by atoms with van der Waals surface area (Å²) < 4.78 is 27.4. The highest BCUT2D eigenvalue weighted by Gasteiger charge is 2.39. The summed E-state index contributed by atoms with van der Waals surface area (Å²) in [6, 6.07) is 0. The zero-order valence-corrected chi connectivity index (χ0v) is 12.3. The van der Waals surface area contributed by atoms with Gasteiger partial charge in [0.25, 0.3) is 10.0 Å². The average molecular weight is 320 g/mol. The number of aromatic nitrogens is 2. The maximum absolute atomic E-state index is 12.5. The minimum absolute atomic E-state index is 0.0203. The number of halogens is 1. The molecule has 1 unspecified atom stereocenters. The van der Waals surface area contributed by atoms with Gasteiger partial charge in [-0.1, -0.05) is 18.5 Å². The molecule has 2 aromatic heterocycles. The van der Waals surface area contributed by atoms with E-state index in [-0.39, 0.29) is 29.1 Å². The molecule has 102 valence electrons. The van der Waals surface area contributed by atoms with Crippen LogP contribution in [-0.2, 0) is 14.8 Å². The predicted molar refractivity (Wildman–Crippen MR) is 70.8 cm³/mol. The SMILES string of the molecule is CC1CC(=O)N(S(=O)(=O)c2c(Cl)nc3sccn23)C1. The van der Waals surface area contributed by atoms with Crippen LogP contribution in [0.2, 0.25) is 5.15 Å². The number of sulfonamides is 1. The lowest BCUT2D eigenvalue weighted by Gasteiger charge is -2.15. The van der Waals surface area contributed by atoms with Crippen molar-refractivity contribution in [3.05, 3.63) is 16.7 Å². The molecule has 6 nitrogen and oxygen atoms in total. The Morgan fingerprint density at radius 3 is 2.89 bits per heavy atom. The number of imidazole rings is 1. The minimum Gasteiger partial charge on any atom is -0.278 e. The summed E-state index contributed by atoms with van der Waals surface area (Å²) in [4.78, 5) is 16.3. The molecule has 1 aliphatic rings. The quantitative estimate of drug-likeness (QED) is 0.843. The van der Waals surface area contributed by atoms with Gasteiger partial charge in [0.15, 0.2) is 15.1 Å². The number of nitrogens with zero attached hydrogens (tertiary/aromatic N) is 3. The maximum Gasteiger partial charge on any atom is 0.285 e. The second kappa shape index (κ2) is 4.19. The molecule has 0 aliphatic carbocycles. The number of hydrogen-bond acceptors (Lipinski definition) is 5. The Kier molecular flexibility index (Phi) is 2.84. The largest absolute Gasteiger partial charge is 0.285 e. The standard InChI is InChI=1S/C10H10ClN3O3S2/c1-6-4-7(15)14(5-6)19(16,17)9-8(11)12-10-13(9)2-3-18-10/h2-3,6H,4-5H2,1H3. The number of carbonyl (C=O) groups excluding carboxylic acids is 1. The highest BCUT2D eigenvalue weighted by atomic mass is 35.5. The van der Waals surface area contributed by atoms with Crippen LogP contribution in [0.1, 0.15) is 13.3 Å². The molecule has 0 bridgehead atoms. The van der Waals surface area contributed by atoms with E-state index >= 15 is 0 Å². The number of carbonyl (C=O) groups is 1. The average Bonchev–Trinajstić information content (AvgIpc) is 2.92. The van der Waals surface area contributed by atoms with Gasteiger partial charge in [-0.15, -0.1) is 11.3 Å². The van der Waals surface area contributed by atoms with E-state index in [9.17, 15) is 13.2 Å². The van der Waals surface area contributed by atoms with Crippen LogP contribution in [-0.4, -0.2) is 34.6 Å². The first-order valence-electron chi connectivity index (χ1n) is 5.58. The molecule has 1 atom stereocenters. The molecule has 2 aromatic rings. The van der Waals surface area contributed by atoms with Crippen molar-refractivity contribution in [1.29, 1.82) is 0 Å². The molecule has 3 heterocycles. The Morgan fingerprint density at radius 2 is 2.26 bits per heavy atom. The van der Waals surface area contributed by atoms with Gasteiger partial charge >= 0.3 is 0 Å². The number of thiazole rings is 1. The number of hydrogen-bond donors (Lipinski definition) is 0. The smallest absolute Gasteiger partial charge is 0.278 e. The van der Waals surface area contributed by atoms with E-state index < -0.39 is 15.9 Å². The van der Waals surface area contributed by atoms with Gasteiger partial charge in [-0.2, -0.15) is 8.42 Å². The van der Waals surface area contributed by atoms with E-state index in [1.165, 1.54) is 15.7 Å². The van der Waals surface area contributed by atoms with E-state index in [4.69, 9.17) is 11.6 Å². The van der Waals surface area contributed by atoms with Crippen LogP contribution in [0.3, 0.4) is 0 Å². The van der Waals surface area contributed by atoms with E-state index in [2.05, 4.69) is 4.98 Å². The summed E-state index contributed by atoms with van der Waals surface area (Å²) in [5, 5.41) is 1.48. The highest BCUT2D eigenvalue weighted by Crippen LogP contribution is 2.31. The molecular formula is C10H10ClN3O3S2. The Balaban J connectivity index is 2.17. The summed E-state index contributed by atoms with van der Waals surface area (Å²) in [6.07, 6.45) is 1.82. The fourth-order valence-electron chi connectivity index (χ4n) is 2.16. The molecule has 1 saturated heterocycles. The van der Waals surface area contributed by atoms with Gasteiger partial charge in [0.05, 0.1) is 0 Å². The maximum atomic E-state index is 12.5. The summed E-state index contributed by atoms with van der Waals surface area (Å²) in [5.74, 6) is -0.374. The summed E-state index contributed by atoms with van der Waals surface area (Å²) in [5.41, 5.74) is 0. The van der Waals surface area contributed by atoms with Crippen molar-refractivity contribution < 1.29 is 13.2 Å². The molecule has 0 N–H and O–H groups in total. The molecule has 9 heteroatoms. The number of fused-ring (bicyclic) bond motifs is 1. The van der Waals surface area contributed by atoms with Crippen LogP contribution < -0.4 is 0 Å². The number of amides is 1. The molecule has 1 aliphatic heterocycles. The minimum atomic E-state index is -3.95. The van der Waals surface area contributed by atoms with Crippen molar-refractivity contribution in [3.63, 3.8) is 0 Å². The fourth-order valence-corrected chi connectivity index (χ4v) is 5.10. The Morgan fingerprint density at radius 1 is 1.53 bits per heavy atom. The van der Waals surface area contributed by atoms with Crippen LogP contribution >= 0.6 is 22.9 Å². The van der Waals surface area contributed by atoms with E-state index in [1.54, 1.807) is 11.6 Å². The first kappa shape index (κ1) is 12.9. The van der Waals surface area contributed by atoms with Crippen LogP contribution in [0.25, 0.3) is 4.96 Å². The van der Waals surface area contributed by atoms with Gasteiger partial charge in [0.2, 0.25) is 5.91 Å². The summed E-state index contributed by atoms with van der Waals surface area (Å²) in [7, 11) is -3.95. The van der Waals surface area contributed by atoms with Crippen molar-refractivity contribution in [3.8, 4) is 0 Å².